The number of anilines is 3. The summed E-state index contributed by atoms with van der Waals surface area (Å²) in [4.78, 5) is 4.38. The summed E-state index contributed by atoms with van der Waals surface area (Å²) in [5, 5.41) is 5.54. The van der Waals surface area contributed by atoms with E-state index in [-0.39, 0.29) is 0 Å². The van der Waals surface area contributed by atoms with Crippen LogP contribution in [0.2, 0.25) is 0 Å². The first kappa shape index (κ1) is 11.8. The molecule has 0 atom stereocenters. The molecule has 0 spiro atoms. The van der Waals surface area contributed by atoms with Crippen LogP contribution in [0.25, 0.3) is 21.9 Å². The minimum Gasteiger partial charge on any atom is -0.423 e. The number of benzene rings is 3. The van der Waals surface area contributed by atoms with Gasteiger partial charge in [-0.15, -0.1) is 0 Å². The van der Waals surface area contributed by atoms with E-state index in [1.54, 1.807) is 0 Å². The van der Waals surface area contributed by atoms with Gasteiger partial charge in [0.1, 0.15) is 5.52 Å². The van der Waals surface area contributed by atoms with Crippen molar-refractivity contribution >= 4 is 39.3 Å². The Labute approximate surface area is 121 Å². The second-order valence-corrected chi connectivity index (χ2v) is 4.90. The van der Waals surface area contributed by atoms with Crippen molar-refractivity contribution in [2.24, 2.45) is 0 Å². The van der Waals surface area contributed by atoms with Crippen molar-refractivity contribution in [1.82, 2.24) is 4.98 Å². The van der Waals surface area contributed by atoms with Crippen LogP contribution in [0.5, 0.6) is 0 Å². The van der Waals surface area contributed by atoms with Gasteiger partial charge in [0, 0.05) is 5.69 Å². The minimum absolute atomic E-state index is 0.443. The van der Waals surface area contributed by atoms with Crippen molar-refractivity contribution in [2.45, 2.75) is 0 Å². The maximum atomic E-state index is 5.89. The van der Waals surface area contributed by atoms with Crippen LogP contribution in [-0.2, 0) is 0 Å². The number of hydrogen-bond acceptors (Lipinski definition) is 4. The van der Waals surface area contributed by atoms with Gasteiger partial charge in [-0.2, -0.15) is 4.98 Å². The van der Waals surface area contributed by atoms with E-state index in [1.165, 1.54) is 5.39 Å². The van der Waals surface area contributed by atoms with Crippen LogP contribution in [0.4, 0.5) is 17.4 Å². The summed E-state index contributed by atoms with van der Waals surface area (Å²) in [6.07, 6.45) is 0. The SMILES string of the molecule is Nc1cccc2oc(Nc3ccc4ccccc4c3)nc12. The van der Waals surface area contributed by atoms with E-state index in [4.69, 9.17) is 10.2 Å². The first-order valence-electron chi connectivity index (χ1n) is 6.70. The Bertz CT molecular complexity index is 943. The molecule has 21 heavy (non-hydrogen) atoms. The number of nitrogens with two attached hydrogens (primary N) is 1. The third kappa shape index (κ3) is 2.07. The maximum absolute atomic E-state index is 5.89. The van der Waals surface area contributed by atoms with Gasteiger partial charge >= 0.3 is 0 Å². The van der Waals surface area contributed by atoms with E-state index in [1.807, 2.05) is 36.4 Å². The van der Waals surface area contributed by atoms with Gasteiger partial charge in [-0.25, -0.2) is 0 Å². The second kappa shape index (κ2) is 4.52. The highest BCUT2D eigenvalue weighted by Crippen LogP contribution is 2.27. The molecule has 0 amide bonds. The fourth-order valence-electron chi connectivity index (χ4n) is 2.41. The summed E-state index contributed by atoms with van der Waals surface area (Å²) in [5.41, 5.74) is 8.79. The highest BCUT2D eigenvalue weighted by molar-refractivity contribution is 5.88. The predicted octanol–water partition coefficient (Wildman–Crippen LogP) is 4.31. The van der Waals surface area contributed by atoms with Gasteiger partial charge in [0.15, 0.2) is 5.58 Å². The lowest BCUT2D eigenvalue weighted by Gasteiger charge is -2.03. The number of nitrogens with one attached hydrogen (secondary N) is 1. The summed E-state index contributed by atoms with van der Waals surface area (Å²) in [7, 11) is 0. The van der Waals surface area contributed by atoms with Crippen molar-refractivity contribution in [3.63, 3.8) is 0 Å². The monoisotopic (exact) mass is 275 g/mol. The lowest BCUT2D eigenvalue weighted by Crippen LogP contribution is -1.90. The first-order valence-corrected chi connectivity index (χ1v) is 6.70. The quantitative estimate of drug-likeness (QED) is 0.535. The number of oxazole rings is 1. The van der Waals surface area contributed by atoms with Crippen LogP contribution < -0.4 is 11.1 Å². The molecule has 1 aromatic heterocycles. The number of hydrogen-bond donors (Lipinski definition) is 2. The molecule has 4 aromatic rings. The molecule has 0 saturated carbocycles. The van der Waals surface area contributed by atoms with Gasteiger partial charge in [-0.05, 0) is 35.0 Å². The van der Waals surface area contributed by atoms with Crippen LogP contribution in [-0.4, -0.2) is 4.98 Å². The number of para-hydroxylation sites is 1. The van der Waals surface area contributed by atoms with Crippen LogP contribution in [0.3, 0.4) is 0 Å². The van der Waals surface area contributed by atoms with Gasteiger partial charge in [-0.3, -0.25) is 0 Å². The summed E-state index contributed by atoms with van der Waals surface area (Å²) in [5.74, 6) is 0. The molecule has 0 aliphatic heterocycles. The van der Waals surface area contributed by atoms with Gasteiger partial charge in [0.2, 0.25) is 0 Å². The zero-order valence-corrected chi connectivity index (χ0v) is 11.2. The summed E-state index contributed by atoms with van der Waals surface area (Å²) in [6.45, 7) is 0. The van der Waals surface area contributed by atoms with E-state index in [9.17, 15) is 0 Å². The Morgan fingerprint density at radius 2 is 1.76 bits per heavy atom. The van der Waals surface area contributed by atoms with E-state index >= 15 is 0 Å². The standard InChI is InChI=1S/C17H13N3O/c18-14-6-3-7-15-16(14)20-17(21-15)19-13-9-8-11-4-1-2-5-12(11)10-13/h1-10H,18H2,(H,19,20). The number of nitrogens with zero attached hydrogens (tertiary/aromatic N) is 1. The molecule has 4 rings (SSSR count). The van der Waals surface area contributed by atoms with E-state index < -0.39 is 0 Å². The Morgan fingerprint density at radius 3 is 2.62 bits per heavy atom. The van der Waals surface area contributed by atoms with E-state index in [0.29, 0.717) is 22.8 Å². The van der Waals surface area contributed by atoms with Crippen LogP contribution in [0.1, 0.15) is 0 Å². The first-order chi connectivity index (χ1) is 10.3. The van der Waals surface area contributed by atoms with Gasteiger partial charge in [0.05, 0.1) is 5.69 Å². The molecule has 0 bridgehead atoms. The molecule has 4 nitrogen and oxygen atoms in total. The Kier molecular flexibility index (Phi) is 2.54. The molecular formula is C17H13N3O. The van der Waals surface area contributed by atoms with Gasteiger partial charge in [0.25, 0.3) is 6.01 Å². The van der Waals surface area contributed by atoms with Crippen LogP contribution in [0.15, 0.2) is 65.1 Å². The summed E-state index contributed by atoms with van der Waals surface area (Å²) in [6, 6.07) is 20.3. The molecule has 0 aliphatic rings. The molecule has 4 heteroatoms. The smallest absolute Gasteiger partial charge is 0.300 e. The molecule has 102 valence electrons. The van der Waals surface area contributed by atoms with Crippen molar-refractivity contribution in [3.8, 4) is 0 Å². The highest BCUT2D eigenvalue weighted by Gasteiger charge is 2.08. The zero-order chi connectivity index (χ0) is 14.2. The third-order valence-corrected chi connectivity index (χ3v) is 3.45. The van der Waals surface area contributed by atoms with Crippen molar-refractivity contribution in [3.05, 3.63) is 60.7 Å². The maximum Gasteiger partial charge on any atom is 0.300 e. The average molecular weight is 275 g/mol. The molecule has 0 fully saturated rings. The molecule has 3 aromatic carbocycles. The van der Waals surface area contributed by atoms with Gasteiger partial charge in [-0.1, -0.05) is 36.4 Å². The molecule has 0 unspecified atom stereocenters. The van der Waals surface area contributed by atoms with E-state index in [0.717, 1.165) is 11.1 Å². The fraction of sp³-hybridized carbons (Fsp3) is 0. The zero-order valence-electron chi connectivity index (χ0n) is 11.2. The van der Waals surface area contributed by atoms with Crippen molar-refractivity contribution in [2.75, 3.05) is 11.1 Å². The predicted molar refractivity (Wildman–Crippen MR) is 85.7 cm³/mol. The topological polar surface area (TPSA) is 64.1 Å². The Balaban J connectivity index is 1.73. The van der Waals surface area contributed by atoms with Crippen molar-refractivity contribution in [1.29, 1.82) is 0 Å². The average Bonchev–Trinajstić information content (AvgIpc) is 2.91. The lowest BCUT2D eigenvalue weighted by atomic mass is 10.1. The third-order valence-electron chi connectivity index (χ3n) is 3.45. The molecule has 0 aliphatic carbocycles. The Hall–Kier alpha value is -3.01. The number of nitrogen functional groups attached to an aromatic ring is 1. The van der Waals surface area contributed by atoms with Crippen LogP contribution in [0, 0.1) is 0 Å². The molecule has 0 saturated heterocycles. The summed E-state index contributed by atoms with van der Waals surface area (Å²) >= 11 is 0. The van der Waals surface area contributed by atoms with E-state index in [2.05, 4.69) is 34.6 Å². The van der Waals surface area contributed by atoms with Crippen LogP contribution >= 0.6 is 0 Å². The largest absolute Gasteiger partial charge is 0.423 e. The number of fused-ring (bicyclic) bond motifs is 2. The molecule has 1 heterocycles. The fourth-order valence-corrected chi connectivity index (χ4v) is 2.41. The van der Waals surface area contributed by atoms with Gasteiger partial charge < -0.3 is 15.5 Å². The second-order valence-electron chi connectivity index (χ2n) is 4.90. The van der Waals surface area contributed by atoms with Crippen molar-refractivity contribution < 1.29 is 4.42 Å². The molecular weight excluding hydrogens is 262 g/mol. The number of aromatic nitrogens is 1. The highest BCUT2D eigenvalue weighted by atomic mass is 16.4. The molecule has 3 N–H and O–H groups in total. The minimum atomic E-state index is 0.443. The normalized spacial score (nSPS) is 11.0. The molecule has 0 radical (unpaired) electrons. The lowest BCUT2D eigenvalue weighted by molar-refractivity contribution is 0.623. The Morgan fingerprint density at radius 1 is 0.905 bits per heavy atom. The number of rotatable bonds is 2. The summed E-state index contributed by atoms with van der Waals surface area (Å²) < 4.78 is 5.66.